The molecule has 0 saturated carbocycles. The molecule has 5 nitrogen and oxygen atoms in total. The number of aliphatic hydroxyl groups excluding tert-OH is 1. The standard InChI is InChI=1S/C18H23N3O2/c22-16-7-10-21(11-8-16)13-15-4-1-2-6-17(15)20-12-14-5-3-9-19-18(14)23/h1-6,9,16,20,22H,7-8,10-13H2,(H,19,23). The summed E-state index contributed by atoms with van der Waals surface area (Å²) in [5.74, 6) is 0. The van der Waals surface area contributed by atoms with Crippen molar-refractivity contribution in [2.45, 2.75) is 32.0 Å². The minimum Gasteiger partial charge on any atom is -0.393 e. The molecule has 2 aromatic rings. The quantitative estimate of drug-likeness (QED) is 0.789. The van der Waals surface area contributed by atoms with E-state index < -0.39 is 0 Å². The highest BCUT2D eigenvalue weighted by molar-refractivity contribution is 5.51. The molecule has 23 heavy (non-hydrogen) atoms. The van der Waals surface area contributed by atoms with Crippen molar-refractivity contribution in [3.05, 3.63) is 64.1 Å². The van der Waals surface area contributed by atoms with Crippen LogP contribution in [0, 0.1) is 0 Å². The zero-order valence-corrected chi connectivity index (χ0v) is 13.2. The lowest BCUT2D eigenvalue weighted by Gasteiger charge is -2.30. The minimum atomic E-state index is -0.149. The van der Waals surface area contributed by atoms with Crippen LogP contribution in [0.5, 0.6) is 0 Å². The van der Waals surface area contributed by atoms with Gasteiger partial charge in [-0.05, 0) is 30.5 Å². The normalized spacial score (nSPS) is 16.4. The Labute approximate surface area is 136 Å². The molecule has 1 aromatic heterocycles. The molecule has 2 heterocycles. The first-order chi connectivity index (χ1) is 11.2. The third-order valence-corrected chi connectivity index (χ3v) is 4.34. The number of anilines is 1. The molecule has 0 spiro atoms. The number of piperidine rings is 1. The molecule has 3 N–H and O–H groups in total. The third-order valence-electron chi connectivity index (χ3n) is 4.34. The fourth-order valence-electron chi connectivity index (χ4n) is 2.94. The van der Waals surface area contributed by atoms with E-state index in [1.165, 1.54) is 5.56 Å². The molecule has 5 heteroatoms. The van der Waals surface area contributed by atoms with Crippen LogP contribution in [0.25, 0.3) is 0 Å². The van der Waals surface area contributed by atoms with Gasteiger partial charge >= 0.3 is 0 Å². The van der Waals surface area contributed by atoms with Gasteiger partial charge in [-0.2, -0.15) is 0 Å². The van der Waals surface area contributed by atoms with E-state index in [0.717, 1.165) is 43.7 Å². The minimum absolute atomic E-state index is 0.0532. The maximum absolute atomic E-state index is 11.7. The van der Waals surface area contributed by atoms with Crippen molar-refractivity contribution in [2.24, 2.45) is 0 Å². The largest absolute Gasteiger partial charge is 0.393 e. The maximum atomic E-state index is 11.7. The van der Waals surface area contributed by atoms with E-state index in [1.807, 2.05) is 30.3 Å². The highest BCUT2D eigenvalue weighted by Crippen LogP contribution is 2.20. The van der Waals surface area contributed by atoms with E-state index in [0.29, 0.717) is 6.54 Å². The summed E-state index contributed by atoms with van der Waals surface area (Å²) in [4.78, 5) is 16.8. The van der Waals surface area contributed by atoms with Gasteiger partial charge in [0.25, 0.3) is 5.56 Å². The topological polar surface area (TPSA) is 68.4 Å². The first-order valence-corrected chi connectivity index (χ1v) is 8.11. The molecule has 0 aliphatic carbocycles. The van der Waals surface area contributed by atoms with Gasteiger partial charge in [0, 0.05) is 43.6 Å². The predicted molar refractivity (Wildman–Crippen MR) is 91.3 cm³/mol. The Morgan fingerprint density at radius 3 is 2.65 bits per heavy atom. The number of hydrogen-bond acceptors (Lipinski definition) is 4. The monoisotopic (exact) mass is 313 g/mol. The van der Waals surface area contributed by atoms with E-state index in [-0.39, 0.29) is 11.7 Å². The summed E-state index contributed by atoms with van der Waals surface area (Å²) in [5.41, 5.74) is 2.95. The summed E-state index contributed by atoms with van der Waals surface area (Å²) >= 11 is 0. The number of aliphatic hydroxyl groups is 1. The van der Waals surface area contributed by atoms with Crippen LogP contribution >= 0.6 is 0 Å². The summed E-state index contributed by atoms with van der Waals surface area (Å²) in [6.45, 7) is 3.22. The Balaban J connectivity index is 1.66. The number of rotatable bonds is 5. The molecule has 0 bridgehead atoms. The van der Waals surface area contributed by atoms with Crippen LogP contribution in [0.4, 0.5) is 5.69 Å². The number of hydrogen-bond donors (Lipinski definition) is 3. The number of aromatic amines is 1. The fourth-order valence-corrected chi connectivity index (χ4v) is 2.94. The molecule has 122 valence electrons. The van der Waals surface area contributed by atoms with Crippen LogP contribution in [0.15, 0.2) is 47.4 Å². The van der Waals surface area contributed by atoms with Crippen molar-refractivity contribution in [3.63, 3.8) is 0 Å². The Hall–Kier alpha value is -2.11. The molecule has 0 unspecified atom stereocenters. The average molecular weight is 313 g/mol. The second-order valence-electron chi connectivity index (χ2n) is 6.04. The van der Waals surface area contributed by atoms with E-state index in [9.17, 15) is 9.90 Å². The molecule has 1 aromatic carbocycles. The molecule has 0 atom stereocenters. The van der Waals surface area contributed by atoms with Crippen molar-refractivity contribution >= 4 is 5.69 Å². The molecule has 1 saturated heterocycles. The van der Waals surface area contributed by atoms with Crippen molar-refractivity contribution in [1.29, 1.82) is 0 Å². The molecule has 1 fully saturated rings. The zero-order valence-electron chi connectivity index (χ0n) is 13.2. The number of H-pyrrole nitrogens is 1. The highest BCUT2D eigenvalue weighted by atomic mass is 16.3. The smallest absolute Gasteiger partial charge is 0.252 e. The van der Waals surface area contributed by atoms with Gasteiger partial charge in [-0.1, -0.05) is 24.3 Å². The van der Waals surface area contributed by atoms with E-state index >= 15 is 0 Å². The van der Waals surface area contributed by atoms with Crippen molar-refractivity contribution in [1.82, 2.24) is 9.88 Å². The summed E-state index contributed by atoms with van der Waals surface area (Å²) in [7, 11) is 0. The van der Waals surface area contributed by atoms with E-state index in [1.54, 1.807) is 6.20 Å². The van der Waals surface area contributed by atoms with Crippen molar-refractivity contribution in [3.8, 4) is 0 Å². The van der Waals surface area contributed by atoms with Crippen molar-refractivity contribution in [2.75, 3.05) is 18.4 Å². The Morgan fingerprint density at radius 2 is 1.87 bits per heavy atom. The summed E-state index contributed by atoms with van der Waals surface area (Å²) < 4.78 is 0. The molecule has 0 radical (unpaired) electrons. The molecular weight excluding hydrogens is 290 g/mol. The van der Waals surface area contributed by atoms with Crippen LogP contribution in [0.1, 0.15) is 24.0 Å². The average Bonchev–Trinajstić information content (AvgIpc) is 2.57. The summed E-state index contributed by atoms with van der Waals surface area (Å²) in [6, 6.07) is 11.9. The van der Waals surface area contributed by atoms with Gasteiger partial charge in [0.2, 0.25) is 0 Å². The lowest BCUT2D eigenvalue weighted by Crippen LogP contribution is -2.35. The maximum Gasteiger partial charge on any atom is 0.252 e. The van der Waals surface area contributed by atoms with Crippen molar-refractivity contribution < 1.29 is 5.11 Å². The van der Waals surface area contributed by atoms with Crippen LogP contribution in [-0.2, 0) is 13.1 Å². The molecule has 1 aliphatic heterocycles. The summed E-state index contributed by atoms with van der Waals surface area (Å²) in [5, 5.41) is 13.0. The molecule has 1 aliphatic rings. The summed E-state index contributed by atoms with van der Waals surface area (Å²) in [6.07, 6.45) is 3.18. The predicted octanol–water partition coefficient (Wildman–Crippen LogP) is 1.94. The number of para-hydroxylation sites is 1. The SMILES string of the molecule is O=c1[nH]cccc1CNc1ccccc1CN1CCC(O)CC1. The fraction of sp³-hybridized carbons (Fsp3) is 0.389. The van der Waals surface area contributed by atoms with E-state index in [2.05, 4.69) is 21.3 Å². The number of nitrogens with one attached hydrogen (secondary N) is 2. The van der Waals surface area contributed by atoms with Gasteiger partial charge in [0.1, 0.15) is 0 Å². The Bertz CT molecular complexity index is 690. The number of pyridine rings is 1. The van der Waals surface area contributed by atoms with Gasteiger partial charge < -0.3 is 15.4 Å². The van der Waals surface area contributed by atoms with Gasteiger partial charge in [-0.3, -0.25) is 9.69 Å². The van der Waals surface area contributed by atoms with Crippen LogP contribution in [0.2, 0.25) is 0 Å². The lowest BCUT2D eigenvalue weighted by atomic mass is 10.1. The second-order valence-corrected chi connectivity index (χ2v) is 6.04. The molecule has 0 amide bonds. The van der Waals surface area contributed by atoms with Gasteiger partial charge in [-0.25, -0.2) is 0 Å². The number of benzene rings is 1. The van der Waals surface area contributed by atoms with Gasteiger partial charge in [0.05, 0.1) is 6.10 Å². The molecular formula is C18H23N3O2. The number of aromatic nitrogens is 1. The molecule has 3 rings (SSSR count). The zero-order chi connectivity index (χ0) is 16.1. The first-order valence-electron chi connectivity index (χ1n) is 8.11. The van der Waals surface area contributed by atoms with Crippen LogP contribution < -0.4 is 10.9 Å². The lowest BCUT2D eigenvalue weighted by molar-refractivity contribution is 0.0793. The van der Waals surface area contributed by atoms with Crippen LogP contribution in [-0.4, -0.2) is 34.2 Å². The first kappa shape index (κ1) is 15.8. The number of nitrogens with zero attached hydrogens (tertiary/aromatic N) is 1. The van der Waals surface area contributed by atoms with E-state index in [4.69, 9.17) is 0 Å². The van der Waals surface area contributed by atoms with Crippen LogP contribution in [0.3, 0.4) is 0 Å². The highest BCUT2D eigenvalue weighted by Gasteiger charge is 2.17. The number of likely N-dealkylation sites (tertiary alicyclic amines) is 1. The Morgan fingerprint density at radius 1 is 1.13 bits per heavy atom. The second kappa shape index (κ2) is 7.44. The van der Waals surface area contributed by atoms with Gasteiger partial charge in [0.15, 0.2) is 0 Å². The van der Waals surface area contributed by atoms with Gasteiger partial charge in [-0.15, -0.1) is 0 Å². The third kappa shape index (κ3) is 4.21. The Kier molecular flexibility index (Phi) is 5.10.